The molecule has 0 N–H and O–H groups in total. The zero-order valence-electron chi connectivity index (χ0n) is 17.7. The van der Waals surface area contributed by atoms with E-state index < -0.39 is 0 Å². The second-order valence-electron chi connectivity index (χ2n) is 8.56. The Hall–Kier alpha value is -2.64. The fraction of sp³-hybridized carbons (Fsp3) is 0.364. The molecule has 0 bridgehead atoms. The number of nitrogens with zero attached hydrogens (tertiary/aromatic N) is 4. The lowest BCUT2D eigenvalue weighted by atomic mass is 9.79. The number of aryl methyl sites for hydroxylation is 1. The average Bonchev–Trinajstić information content (AvgIpc) is 3.28. The number of aromatic nitrogens is 3. The average molecular weight is 390 g/mol. The highest BCUT2D eigenvalue weighted by molar-refractivity contribution is 6.62. The third-order valence-corrected chi connectivity index (χ3v) is 5.85. The predicted molar refractivity (Wildman–Crippen MR) is 115 cm³/mol. The highest BCUT2D eigenvalue weighted by atomic mass is 16.7. The Morgan fingerprint density at radius 1 is 0.862 bits per heavy atom. The van der Waals surface area contributed by atoms with Crippen LogP contribution < -0.4 is 10.5 Å². The number of hydrogen-bond acceptors (Lipinski definition) is 5. The Morgan fingerprint density at radius 2 is 1.41 bits per heavy atom. The van der Waals surface area contributed by atoms with Crippen molar-refractivity contribution in [1.29, 1.82) is 0 Å². The molecule has 150 valence electrons. The third-order valence-electron chi connectivity index (χ3n) is 5.85. The van der Waals surface area contributed by atoms with Crippen molar-refractivity contribution in [1.82, 2.24) is 14.9 Å². The van der Waals surface area contributed by atoms with Gasteiger partial charge in [-0.1, -0.05) is 42.0 Å². The van der Waals surface area contributed by atoms with Gasteiger partial charge in [0.05, 0.1) is 23.4 Å². The first-order valence-electron chi connectivity index (χ1n) is 9.89. The molecule has 1 fully saturated rings. The van der Waals surface area contributed by atoms with E-state index >= 15 is 0 Å². The number of rotatable bonds is 5. The first kappa shape index (κ1) is 19.7. The monoisotopic (exact) mass is 390 g/mol. The summed E-state index contributed by atoms with van der Waals surface area (Å²) in [4.78, 5) is 0. The Kier molecular flexibility index (Phi) is 4.96. The molecule has 29 heavy (non-hydrogen) atoms. The smallest absolute Gasteiger partial charge is 0.399 e. The molecule has 1 aliphatic rings. The van der Waals surface area contributed by atoms with Gasteiger partial charge in [0.2, 0.25) is 0 Å². The van der Waals surface area contributed by atoms with Crippen LogP contribution in [0.15, 0.2) is 61.2 Å². The zero-order chi connectivity index (χ0) is 20.6. The minimum Gasteiger partial charge on any atom is -0.399 e. The summed E-state index contributed by atoms with van der Waals surface area (Å²) in [5.41, 5.74) is 3.79. The van der Waals surface area contributed by atoms with Crippen LogP contribution in [0.4, 0.5) is 5.69 Å². The summed E-state index contributed by atoms with van der Waals surface area (Å²) in [6.45, 7) is 11.1. The zero-order valence-corrected chi connectivity index (χ0v) is 17.7. The van der Waals surface area contributed by atoms with Gasteiger partial charge in [-0.15, -0.1) is 10.2 Å². The van der Waals surface area contributed by atoms with E-state index in [2.05, 4.69) is 98.4 Å². The summed E-state index contributed by atoms with van der Waals surface area (Å²) in [6, 6.07) is 16.8. The van der Waals surface area contributed by atoms with Crippen LogP contribution in [-0.4, -0.2) is 33.2 Å². The molecule has 0 radical (unpaired) electrons. The van der Waals surface area contributed by atoms with Crippen molar-refractivity contribution in [2.24, 2.45) is 0 Å². The molecule has 7 heteroatoms. The van der Waals surface area contributed by atoms with Crippen LogP contribution in [0.1, 0.15) is 38.8 Å². The molecule has 4 rings (SSSR count). The Morgan fingerprint density at radius 3 is 1.97 bits per heavy atom. The number of anilines is 1. The molecular weight excluding hydrogens is 363 g/mol. The van der Waals surface area contributed by atoms with Crippen LogP contribution in [0.3, 0.4) is 0 Å². The quantitative estimate of drug-likeness (QED) is 0.626. The lowest BCUT2D eigenvalue weighted by molar-refractivity contribution is 0.00578. The van der Waals surface area contributed by atoms with Crippen LogP contribution >= 0.6 is 0 Å². The normalized spacial score (nSPS) is 17.5. The molecule has 0 atom stereocenters. The Labute approximate surface area is 172 Å². The van der Waals surface area contributed by atoms with Gasteiger partial charge in [0, 0.05) is 0 Å². The van der Waals surface area contributed by atoms with Crippen molar-refractivity contribution in [2.75, 3.05) is 5.01 Å². The van der Waals surface area contributed by atoms with Crippen molar-refractivity contribution < 1.29 is 9.31 Å². The summed E-state index contributed by atoms with van der Waals surface area (Å²) >= 11 is 0. The fourth-order valence-corrected chi connectivity index (χ4v) is 3.28. The van der Waals surface area contributed by atoms with Crippen molar-refractivity contribution in [3.05, 3.63) is 72.3 Å². The summed E-state index contributed by atoms with van der Waals surface area (Å²) in [5.74, 6) is 0. The molecule has 0 aliphatic carbocycles. The second-order valence-corrected chi connectivity index (χ2v) is 8.56. The Bertz CT molecular complexity index is 937. The molecule has 6 nitrogen and oxygen atoms in total. The van der Waals surface area contributed by atoms with E-state index in [4.69, 9.17) is 9.31 Å². The molecule has 0 saturated carbocycles. The van der Waals surface area contributed by atoms with E-state index in [1.54, 1.807) is 12.7 Å². The molecule has 0 unspecified atom stereocenters. The highest BCUT2D eigenvalue weighted by Gasteiger charge is 2.51. The maximum absolute atomic E-state index is 6.17. The van der Waals surface area contributed by atoms with Crippen LogP contribution in [0.25, 0.3) is 0 Å². The molecule has 3 aromatic rings. The van der Waals surface area contributed by atoms with E-state index in [1.807, 2.05) is 4.68 Å². The minimum atomic E-state index is -0.366. The molecule has 0 amide bonds. The molecule has 1 aromatic heterocycles. The maximum atomic E-state index is 6.17. The highest BCUT2D eigenvalue weighted by Crippen LogP contribution is 2.36. The lowest BCUT2D eigenvalue weighted by Crippen LogP contribution is -2.41. The van der Waals surface area contributed by atoms with Crippen molar-refractivity contribution in [2.45, 2.75) is 52.4 Å². The van der Waals surface area contributed by atoms with Gasteiger partial charge in [-0.2, -0.15) is 0 Å². The first-order chi connectivity index (χ1) is 13.7. The van der Waals surface area contributed by atoms with Crippen molar-refractivity contribution in [3.63, 3.8) is 0 Å². The number of hydrogen-bond donors (Lipinski definition) is 0. The van der Waals surface area contributed by atoms with E-state index in [9.17, 15) is 0 Å². The summed E-state index contributed by atoms with van der Waals surface area (Å²) in [7, 11) is -0.366. The molecule has 2 aromatic carbocycles. The van der Waals surface area contributed by atoms with Gasteiger partial charge in [-0.05, 0) is 57.8 Å². The standard InChI is InChI=1S/C22H27BN4O2/c1-17-6-8-18(9-7-17)14-27(26-15-24-25-16-26)20-12-10-19(11-13-20)23-28-21(2,3)22(4,5)29-23/h6-13,15-16H,14H2,1-5H3. The topological polar surface area (TPSA) is 52.4 Å². The number of benzene rings is 2. The molecular formula is C22H27BN4O2. The van der Waals surface area contributed by atoms with Crippen LogP contribution in [0.5, 0.6) is 0 Å². The van der Waals surface area contributed by atoms with Crippen LogP contribution in [0.2, 0.25) is 0 Å². The predicted octanol–water partition coefficient (Wildman–Crippen LogP) is 3.36. The van der Waals surface area contributed by atoms with E-state index in [0.717, 1.165) is 11.2 Å². The summed E-state index contributed by atoms with van der Waals surface area (Å²) in [6.07, 6.45) is 3.41. The minimum absolute atomic E-state index is 0.351. The first-order valence-corrected chi connectivity index (χ1v) is 9.89. The SMILES string of the molecule is Cc1ccc(CN(c2ccc(B3OC(C)(C)C(C)(C)O3)cc2)n2cnnc2)cc1. The van der Waals surface area contributed by atoms with E-state index in [1.165, 1.54) is 11.1 Å². The van der Waals surface area contributed by atoms with E-state index in [0.29, 0.717) is 6.54 Å². The van der Waals surface area contributed by atoms with Gasteiger partial charge >= 0.3 is 7.12 Å². The summed E-state index contributed by atoms with van der Waals surface area (Å²) < 4.78 is 14.2. The van der Waals surface area contributed by atoms with Crippen LogP contribution in [-0.2, 0) is 15.9 Å². The van der Waals surface area contributed by atoms with E-state index in [-0.39, 0.29) is 18.3 Å². The maximum Gasteiger partial charge on any atom is 0.494 e. The van der Waals surface area contributed by atoms with Gasteiger partial charge < -0.3 is 9.31 Å². The van der Waals surface area contributed by atoms with Crippen molar-refractivity contribution >= 4 is 18.3 Å². The van der Waals surface area contributed by atoms with Crippen LogP contribution in [0, 0.1) is 6.92 Å². The molecule has 0 spiro atoms. The van der Waals surface area contributed by atoms with Gasteiger partial charge in [0.15, 0.2) is 0 Å². The Balaban J connectivity index is 1.58. The fourth-order valence-electron chi connectivity index (χ4n) is 3.28. The molecule has 1 aliphatic heterocycles. The van der Waals surface area contributed by atoms with Crippen molar-refractivity contribution in [3.8, 4) is 0 Å². The largest absolute Gasteiger partial charge is 0.494 e. The third kappa shape index (κ3) is 3.93. The molecule has 2 heterocycles. The summed E-state index contributed by atoms with van der Waals surface area (Å²) in [5, 5.41) is 10.1. The van der Waals surface area contributed by atoms with Gasteiger partial charge in [0.1, 0.15) is 12.7 Å². The van der Waals surface area contributed by atoms with Gasteiger partial charge in [0.25, 0.3) is 0 Å². The van der Waals surface area contributed by atoms with Gasteiger partial charge in [-0.3, -0.25) is 5.01 Å². The lowest BCUT2D eigenvalue weighted by Gasteiger charge is -2.32. The molecule has 1 saturated heterocycles. The van der Waals surface area contributed by atoms with Gasteiger partial charge in [-0.25, -0.2) is 4.68 Å². The second kappa shape index (κ2) is 7.32.